The molecule has 3 nitrogen and oxygen atoms in total. The summed E-state index contributed by atoms with van der Waals surface area (Å²) in [6.07, 6.45) is 8.82. The van der Waals surface area contributed by atoms with E-state index in [1.807, 2.05) is 0 Å². The molecule has 0 unspecified atom stereocenters. The van der Waals surface area contributed by atoms with E-state index in [-0.39, 0.29) is 11.9 Å². The van der Waals surface area contributed by atoms with Crippen LogP contribution in [0.5, 0.6) is 0 Å². The lowest BCUT2D eigenvalue weighted by Gasteiger charge is -2.13. The number of rotatable bonds is 3. The molecule has 0 radical (unpaired) electrons. The van der Waals surface area contributed by atoms with E-state index in [0.717, 1.165) is 19.3 Å². The highest BCUT2D eigenvalue weighted by Crippen LogP contribution is 2.26. The molecule has 3 heteroatoms. The van der Waals surface area contributed by atoms with Crippen molar-refractivity contribution < 1.29 is 4.79 Å². The van der Waals surface area contributed by atoms with Crippen LogP contribution in [-0.4, -0.2) is 18.5 Å². The van der Waals surface area contributed by atoms with Gasteiger partial charge in [0.15, 0.2) is 0 Å². The first-order valence-corrected chi connectivity index (χ1v) is 4.69. The topological polar surface area (TPSA) is 55.1 Å². The summed E-state index contributed by atoms with van der Waals surface area (Å²) in [6.45, 7) is 0.320. The molecule has 0 heterocycles. The SMILES string of the molecule is C#CCNC(=O)C[C@@H]1CCC[C@H]1N. The summed E-state index contributed by atoms with van der Waals surface area (Å²) in [4.78, 5) is 11.2. The van der Waals surface area contributed by atoms with Crippen LogP contribution in [-0.2, 0) is 4.79 Å². The molecule has 13 heavy (non-hydrogen) atoms. The molecule has 1 aliphatic rings. The molecule has 1 amide bonds. The van der Waals surface area contributed by atoms with Crippen LogP contribution in [0.4, 0.5) is 0 Å². The molecule has 2 atom stereocenters. The quantitative estimate of drug-likeness (QED) is 0.612. The van der Waals surface area contributed by atoms with Crippen LogP contribution in [0.2, 0.25) is 0 Å². The Bertz CT molecular complexity index is 219. The van der Waals surface area contributed by atoms with E-state index in [0.29, 0.717) is 18.9 Å². The number of carbonyl (C=O) groups excluding carboxylic acids is 1. The van der Waals surface area contributed by atoms with Crippen molar-refractivity contribution in [2.75, 3.05) is 6.54 Å². The Balaban J connectivity index is 2.24. The van der Waals surface area contributed by atoms with Crippen LogP contribution in [0.15, 0.2) is 0 Å². The van der Waals surface area contributed by atoms with E-state index in [9.17, 15) is 4.79 Å². The maximum atomic E-state index is 11.2. The second kappa shape index (κ2) is 4.88. The molecule has 1 saturated carbocycles. The zero-order valence-corrected chi connectivity index (χ0v) is 7.75. The molecule has 72 valence electrons. The number of hydrogen-bond donors (Lipinski definition) is 2. The number of amides is 1. The van der Waals surface area contributed by atoms with Crippen LogP contribution in [0.25, 0.3) is 0 Å². The summed E-state index contributed by atoms with van der Waals surface area (Å²) < 4.78 is 0. The second-order valence-corrected chi connectivity index (χ2v) is 3.54. The molecule has 0 aromatic carbocycles. The zero-order valence-electron chi connectivity index (χ0n) is 7.75. The highest BCUT2D eigenvalue weighted by molar-refractivity contribution is 5.76. The fourth-order valence-corrected chi connectivity index (χ4v) is 1.78. The van der Waals surface area contributed by atoms with E-state index >= 15 is 0 Å². The standard InChI is InChI=1S/C10H16N2O/c1-2-6-12-10(13)7-8-4-3-5-9(8)11/h1,8-9H,3-7,11H2,(H,12,13)/t8-,9+/m0/s1. The molecule has 0 aromatic heterocycles. The Morgan fingerprint density at radius 3 is 2.92 bits per heavy atom. The first kappa shape index (κ1) is 10.1. The Kier molecular flexibility index (Phi) is 3.78. The number of terminal acetylenes is 1. The summed E-state index contributed by atoms with van der Waals surface area (Å²) in [5, 5.41) is 2.65. The van der Waals surface area contributed by atoms with Crippen molar-refractivity contribution in [1.82, 2.24) is 5.32 Å². The lowest BCUT2D eigenvalue weighted by Crippen LogP contribution is -2.31. The molecule has 1 rings (SSSR count). The molecule has 0 aliphatic heterocycles. The van der Waals surface area contributed by atoms with Crippen LogP contribution in [0, 0.1) is 18.3 Å². The molecular formula is C10H16N2O. The Morgan fingerprint density at radius 1 is 1.62 bits per heavy atom. The van der Waals surface area contributed by atoms with Crippen LogP contribution in [0.3, 0.4) is 0 Å². The van der Waals surface area contributed by atoms with Crippen molar-refractivity contribution in [3.05, 3.63) is 0 Å². The minimum Gasteiger partial charge on any atom is -0.345 e. The molecule has 0 saturated heterocycles. The van der Waals surface area contributed by atoms with Gasteiger partial charge in [-0.2, -0.15) is 0 Å². The maximum Gasteiger partial charge on any atom is 0.221 e. The summed E-state index contributed by atoms with van der Waals surface area (Å²) in [6, 6.07) is 0.205. The third kappa shape index (κ3) is 3.08. The molecule has 3 N–H and O–H groups in total. The van der Waals surface area contributed by atoms with Crippen molar-refractivity contribution in [1.29, 1.82) is 0 Å². The van der Waals surface area contributed by atoms with Crippen molar-refractivity contribution in [2.24, 2.45) is 11.7 Å². The lowest BCUT2D eigenvalue weighted by molar-refractivity contribution is -0.121. The number of hydrogen-bond acceptors (Lipinski definition) is 2. The fraction of sp³-hybridized carbons (Fsp3) is 0.700. The largest absolute Gasteiger partial charge is 0.345 e. The van der Waals surface area contributed by atoms with Gasteiger partial charge in [-0.05, 0) is 18.8 Å². The molecule has 0 aromatic rings. The third-order valence-electron chi connectivity index (χ3n) is 2.55. The van der Waals surface area contributed by atoms with Gasteiger partial charge in [-0.25, -0.2) is 0 Å². The maximum absolute atomic E-state index is 11.2. The predicted octanol–water partition coefficient (Wildman–Crippen LogP) is 0.253. The van der Waals surface area contributed by atoms with Gasteiger partial charge in [-0.1, -0.05) is 12.3 Å². The normalized spacial score (nSPS) is 26.8. The van der Waals surface area contributed by atoms with E-state index in [4.69, 9.17) is 12.2 Å². The average Bonchev–Trinajstić information content (AvgIpc) is 2.48. The van der Waals surface area contributed by atoms with E-state index in [1.54, 1.807) is 0 Å². The van der Waals surface area contributed by atoms with Gasteiger partial charge in [0, 0.05) is 12.5 Å². The third-order valence-corrected chi connectivity index (χ3v) is 2.55. The average molecular weight is 180 g/mol. The number of carbonyl (C=O) groups is 1. The van der Waals surface area contributed by atoms with Gasteiger partial charge in [-0.15, -0.1) is 6.42 Å². The second-order valence-electron chi connectivity index (χ2n) is 3.54. The van der Waals surface area contributed by atoms with Gasteiger partial charge in [0.2, 0.25) is 5.91 Å². The Hall–Kier alpha value is -1.01. The summed E-state index contributed by atoms with van der Waals surface area (Å²) in [7, 11) is 0. The van der Waals surface area contributed by atoms with Gasteiger partial charge < -0.3 is 11.1 Å². The van der Waals surface area contributed by atoms with Crippen molar-refractivity contribution in [3.8, 4) is 12.3 Å². The summed E-state index contributed by atoms with van der Waals surface area (Å²) in [5.74, 6) is 2.76. The predicted molar refractivity (Wildman–Crippen MR) is 51.8 cm³/mol. The Labute approximate surface area is 79.1 Å². The van der Waals surface area contributed by atoms with E-state index < -0.39 is 0 Å². The minimum atomic E-state index is 0.0281. The minimum absolute atomic E-state index is 0.0281. The number of nitrogens with two attached hydrogens (primary N) is 1. The highest BCUT2D eigenvalue weighted by Gasteiger charge is 2.25. The summed E-state index contributed by atoms with van der Waals surface area (Å²) >= 11 is 0. The fourth-order valence-electron chi connectivity index (χ4n) is 1.78. The summed E-state index contributed by atoms with van der Waals surface area (Å²) in [5.41, 5.74) is 5.84. The molecule has 0 bridgehead atoms. The van der Waals surface area contributed by atoms with Crippen LogP contribution >= 0.6 is 0 Å². The monoisotopic (exact) mass is 180 g/mol. The highest BCUT2D eigenvalue weighted by atomic mass is 16.1. The van der Waals surface area contributed by atoms with Gasteiger partial charge in [0.25, 0.3) is 0 Å². The lowest BCUT2D eigenvalue weighted by atomic mass is 10.00. The van der Waals surface area contributed by atoms with Crippen LogP contribution in [0.1, 0.15) is 25.7 Å². The number of nitrogens with one attached hydrogen (secondary N) is 1. The van der Waals surface area contributed by atoms with Crippen molar-refractivity contribution >= 4 is 5.91 Å². The van der Waals surface area contributed by atoms with Gasteiger partial charge >= 0.3 is 0 Å². The zero-order chi connectivity index (χ0) is 9.68. The molecule has 0 spiro atoms. The van der Waals surface area contributed by atoms with Gasteiger partial charge in [0.1, 0.15) is 0 Å². The Morgan fingerprint density at radius 2 is 2.38 bits per heavy atom. The smallest absolute Gasteiger partial charge is 0.221 e. The first-order valence-electron chi connectivity index (χ1n) is 4.69. The molecule has 1 fully saturated rings. The van der Waals surface area contributed by atoms with Gasteiger partial charge in [0.05, 0.1) is 6.54 Å². The van der Waals surface area contributed by atoms with Crippen molar-refractivity contribution in [2.45, 2.75) is 31.7 Å². The first-order chi connectivity index (χ1) is 6.24. The van der Waals surface area contributed by atoms with E-state index in [2.05, 4.69) is 11.2 Å². The van der Waals surface area contributed by atoms with Crippen LogP contribution < -0.4 is 11.1 Å². The van der Waals surface area contributed by atoms with Gasteiger partial charge in [-0.3, -0.25) is 4.79 Å². The van der Waals surface area contributed by atoms with Crippen molar-refractivity contribution in [3.63, 3.8) is 0 Å². The van der Waals surface area contributed by atoms with E-state index in [1.165, 1.54) is 0 Å². The molecular weight excluding hydrogens is 164 g/mol. The molecule has 1 aliphatic carbocycles.